The normalized spacial score (nSPS) is 55.1. The molecule has 4 aliphatic heterocycles. The van der Waals surface area contributed by atoms with Crippen molar-refractivity contribution in [3.63, 3.8) is 0 Å². The molecule has 69 heavy (non-hydrogen) atoms. The first-order chi connectivity index (χ1) is 32.5. The number of ether oxygens (including phenoxy) is 11. The highest BCUT2D eigenvalue weighted by molar-refractivity contribution is 5.36. The van der Waals surface area contributed by atoms with Gasteiger partial charge in [-0.1, -0.05) is 25.5 Å². The third-order valence-electron chi connectivity index (χ3n) is 18.3. The van der Waals surface area contributed by atoms with Crippen LogP contribution in [0.4, 0.5) is 0 Å². The molecule has 10 N–H and O–H groups in total. The van der Waals surface area contributed by atoms with Gasteiger partial charge in [0.1, 0.15) is 71.7 Å². The fourth-order valence-electron chi connectivity index (χ4n) is 13.9. The molecule has 8 rings (SSSR count). The predicted octanol–water partition coefficient (Wildman–Crippen LogP) is -0.977. The first-order valence-corrected chi connectivity index (χ1v) is 24.8. The molecule has 0 spiro atoms. The lowest BCUT2D eigenvalue weighted by molar-refractivity contribution is -0.373. The summed E-state index contributed by atoms with van der Waals surface area (Å²) >= 11 is 0. The molecule has 0 amide bonds. The summed E-state index contributed by atoms with van der Waals surface area (Å²) < 4.78 is 67.6. The fourth-order valence-corrected chi connectivity index (χ4v) is 13.9. The van der Waals surface area contributed by atoms with E-state index in [0.29, 0.717) is 25.7 Å². The summed E-state index contributed by atoms with van der Waals surface area (Å²) in [5.41, 5.74) is -6.24. The van der Waals surface area contributed by atoms with Crippen molar-refractivity contribution < 1.29 is 103 Å². The predicted molar refractivity (Wildman–Crippen MR) is 237 cm³/mol. The monoisotopic (exact) mass is 993 g/mol. The molecule has 8 aliphatic rings. The van der Waals surface area contributed by atoms with Gasteiger partial charge in [-0.2, -0.15) is 0 Å². The van der Waals surface area contributed by atoms with Gasteiger partial charge in [0.05, 0.1) is 60.9 Å². The molecular formula is C48H80O21. The second-order valence-corrected chi connectivity index (χ2v) is 21.7. The Labute approximate surface area is 403 Å². The van der Waals surface area contributed by atoms with Gasteiger partial charge >= 0.3 is 0 Å². The summed E-state index contributed by atoms with van der Waals surface area (Å²) in [7, 11) is 4.50. The van der Waals surface area contributed by atoms with Gasteiger partial charge < -0.3 is 103 Å². The molecule has 27 atom stereocenters. The average Bonchev–Trinajstić information content (AvgIpc) is 3.55. The van der Waals surface area contributed by atoms with Gasteiger partial charge in [0.25, 0.3) is 0 Å². The van der Waals surface area contributed by atoms with Gasteiger partial charge in [0.15, 0.2) is 25.2 Å². The van der Waals surface area contributed by atoms with E-state index in [0.717, 1.165) is 5.57 Å². The van der Waals surface area contributed by atoms with E-state index in [4.69, 9.17) is 52.1 Å². The van der Waals surface area contributed by atoms with E-state index < -0.39 is 163 Å². The van der Waals surface area contributed by atoms with Crippen LogP contribution < -0.4 is 0 Å². The Morgan fingerprint density at radius 1 is 0.667 bits per heavy atom. The lowest BCUT2D eigenvalue weighted by atomic mass is 9.42. The fraction of sp³-hybridized carbons (Fsp3) is 0.958. The number of rotatable bonds is 13. The number of hydrogen-bond donors (Lipinski definition) is 10. The smallest absolute Gasteiger partial charge is 0.187 e. The van der Waals surface area contributed by atoms with Gasteiger partial charge in [0, 0.05) is 40.1 Å². The van der Waals surface area contributed by atoms with Gasteiger partial charge in [0.2, 0.25) is 0 Å². The van der Waals surface area contributed by atoms with Crippen LogP contribution in [0.2, 0.25) is 0 Å². The Morgan fingerprint density at radius 3 is 1.84 bits per heavy atom. The van der Waals surface area contributed by atoms with Gasteiger partial charge in [-0.25, -0.2) is 0 Å². The highest BCUT2D eigenvalue weighted by Crippen LogP contribution is 2.70. The van der Waals surface area contributed by atoms with E-state index in [1.807, 2.05) is 13.0 Å². The average molecular weight is 993 g/mol. The Hall–Kier alpha value is -1.10. The molecule has 7 fully saturated rings. The second kappa shape index (κ2) is 20.2. The molecule has 398 valence electrons. The van der Waals surface area contributed by atoms with Crippen LogP contribution in [0.3, 0.4) is 0 Å². The van der Waals surface area contributed by atoms with Crippen LogP contribution in [-0.4, -0.2) is 225 Å². The molecule has 0 radical (unpaired) electrons. The molecule has 3 saturated carbocycles. The maximum atomic E-state index is 12.6. The van der Waals surface area contributed by atoms with Crippen molar-refractivity contribution in [2.75, 3.05) is 27.9 Å². The maximum Gasteiger partial charge on any atom is 0.187 e. The molecule has 0 aromatic heterocycles. The van der Waals surface area contributed by atoms with Crippen molar-refractivity contribution in [3.05, 3.63) is 11.6 Å². The largest absolute Gasteiger partial charge is 0.394 e. The molecular weight excluding hydrogens is 913 g/mol. The lowest BCUT2D eigenvalue weighted by Gasteiger charge is -2.67. The van der Waals surface area contributed by atoms with Crippen LogP contribution in [0.5, 0.6) is 0 Å². The molecule has 21 heteroatoms. The van der Waals surface area contributed by atoms with Crippen molar-refractivity contribution >= 4 is 0 Å². The van der Waals surface area contributed by atoms with Gasteiger partial charge in [-0.05, 0) is 78.1 Å². The highest BCUT2D eigenvalue weighted by Gasteiger charge is 2.80. The molecule has 0 aromatic rings. The molecule has 0 aromatic carbocycles. The van der Waals surface area contributed by atoms with Crippen LogP contribution in [-0.2, 0) is 52.1 Å². The molecule has 21 nitrogen and oxygen atoms in total. The standard InChI is InChI=1S/C48H80O21/c1-21-38(67-33-18-28(60-8)39(22(2)63-33)68-43-37(55)41(61-9)40(23(3)64-43)69-42-36(54)35(53)34(52)29(20-49)66-42)27(59-7)17-32(62-21)65-26-11-12-44(5)25(16-26)10-13-47(57)30(44)19-31(51)45(6)46(56,24(4)50)14-15-48(45,47)58/h10,21-24,26-43,49-58H,11-20H2,1-9H3. The van der Waals surface area contributed by atoms with Crippen molar-refractivity contribution in [2.45, 2.75) is 245 Å². The van der Waals surface area contributed by atoms with Crippen molar-refractivity contribution in [1.82, 2.24) is 0 Å². The minimum Gasteiger partial charge on any atom is -0.394 e. The first kappa shape index (κ1) is 54.2. The lowest BCUT2D eigenvalue weighted by Crippen LogP contribution is -2.78. The molecule has 0 bridgehead atoms. The minimum atomic E-state index is -1.83. The van der Waals surface area contributed by atoms with E-state index >= 15 is 0 Å². The zero-order chi connectivity index (χ0) is 50.3. The Kier molecular flexibility index (Phi) is 15.9. The van der Waals surface area contributed by atoms with Crippen LogP contribution >= 0.6 is 0 Å². The van der Waals surface area contributed by atoms with E-state index in [2.05, 4.69) is 6.92 Å². The third-order valence-corrected chi connectivity index (χ3v) is 18.3. The van der Waals surface area contributed by atoms with E-state index in [1.165, 1.54) is 21.1 Å². The molecule has 4 aliphatic carbocycles. The summed E-state index contributed by atoms with van der Waals surface area (Å²) in [6.45, 7) is 9.84. The number of aliphatic hydroxyl groups excluding tert-OH is 7. The zero-order valence-corrected chi connectivity index (χ0v) is 41.3. The topological polar surface area (TPSA) is 304 Å². The number of hydrogen-bond acceptors (Lipinski definition) is 21. The van der Waals surface area contributed by atoms with Gasteiger partial charge in [-0.15, -0.1) is 0 Å². The minimum absolute atomic E-state index is 0.0481. The van der Waals surface area contributed by atoms with E-state index in [1.54, 1.807) is 27.9 Å². The number of methoxy groups -OCH3 is 3. The van der Waals surface area contributed by atoms with Crippen LogP contribution in [0, 0.1) is 16.7 Å². The maximum absolute atomic E-state index is 12.6. The summed E-state index contributed by atoms with van der Waals surface area (Å²) in [5, 5.41) is 111. The Bertz CT molecular complexity index is 1790. The highest BCUT2D eigenvalue weighted by atomic mass is 16.8. The second-order valence-electron chi connectivity index (χ2n) is 21.7. The summed E-state index contributed by atoms with van der Waals surface area (Å²) in [5.74, 6) is -0.496. The molecule has 27 unspecified atom stereocenters. The Morgan fingerprint density at radius 2 is 1.25 bits per heavy atom. The SMILES string of the molecule is COC1CC(OC2CCC3(C)C(=CCC4(O)C3CC(O)C3(C)C(O)(C(C)O)CCC43O)C2)OC(C)C1OC1CC(OC)C(OC2OC(C)C(OC3OC(CO)C(O)C(O)C3O)C(OC)C2O)C(C)O1. The first-order valence-electron chi connectivity index (χ1n) is 24.8. The van der Waals surface area contributed by atoms with Crippen molar-refractivity contribution in [1.29, 1.82) is 0 Å². The summed E-state index contributed by atoms with van der Waals surface area (Å²) in [6, 6.07) is 0. The third kappa shape index (κ3) is 8.80. The summed E-state index contributed by atoms with van der Waals surface area (Å²) in [6.07, 6.45) is -15.7. The zero-order valence-electron chi connectivity index (χ0n) is 41.3. The van der Waals surface area contributed by atoms with Crippen LogP contribution in [0.1, 0.15) is 99.3 Å². The number of aliphatic hydroxyl groups is 10. The number of fused-ring (bicyclic) bond motifs is 5. The van der Waals surface area contributed by atoms with E-state index in [9.17, 15) is 51.1 Å². The quantitative estimate of drug-likeness (QED) is 0.0993. The summed E-state index contributed by atoms with van der Waals surface area (Å²) in [4.78, 5) is 0. The Balaban J connectivity index is 0.859. The van der Waals surface area contributed by atoms with Crippen LogP contribution in [0.15, 0.2) is 11.6 Å². The van der Waals surface area contributed by atoms with E-state index in [-0.39, 0.29) is 38.2 Å². The molecule has 4 saturated heterocycles. The van der Waals surface area contributed by atoms with Gasteiger partial charge in [-0.3, -0.25) is 0 Å². The van der Waals surface area contributed by atoms with Crippen LogP contribution in [0.25, 0.3) is 0 Å². The van der Waals surface area contributed by atoms with Crippen molar-refractivity contribution in [3.8, 4) is 0 Å². The van der Waals surface area contributed by atoms with Crippen molar-refractivity contribution in [2.24, 2.45) is 16.7 Å². The molecule has 4 heterocycles.